The molecule has 2 aromatic rings. The molecule has 3 nitrogen and oxygen atoms in total. The molecule has 24 heavy (non-hydrogen) atoms. The SMILES string of the molecule is Cc1cc2c(cc1-c1ccc(/C=N/O)cn1)C(C)(C)CCC2(C)C. The van der Waals surface area contributed by atoms with Gasteiger partial charge in [0.1, 0.15) is 0 Å². The zero-order valence-electron chi connectivity index (χ0n) is 15.2. The van der Waals surface area contributed by atoms with Crippen LogP contribution in [0.3, 0.4) is 0 Å². The fourth-order valence-electron chi connectivity index (χ4n) is 3.71. The fraction of sp³-hybridized carbons (Fsp3) is 0.429. The lowest BCUT2D eigenvalue weighted by atomic mass is 9.62. The van der Waals surface area contributed by atoms with Crippen LogP contribution in [-0.2, 0) is 10.8 Å². The number of oxime groups is 1. The number of aryl methyl sites for hydroxylation is 1. The average molecular weight is 322 g/mol. The Bertz CT molecular complexity index is 786. The third-order valence-electron chi connectivity index (χ3n) is 5.47. The molecule has 0 spiro atoms. The molecule has 1 heterocycles. The Kier molecular flexibility index (Phi) is 3.98. The van der Waals surface area contributed by atoms with Gasteiger partial charge in [-0.3, -0.25) is 4.98 Å². The molecule has 0 saturated heterocycles. The van der Waals surface area contributed by atoms with Crippen LogP contribution >= 0.6 is 0 Å². The molecule has 3 rings (SSSR count). The highest BCUT2D eigenvalue weighted by molar-refractivity contribution is 5.79. The molecule has 0 atom stereocenters. The van der Waals surface area contributed by atoms with Gasteiger partial charge in [0.05, 0.1) is 11.9 Å². The lowest BCUT2D eigenvalue weighted by Gasteiger charge is -2.42. The first-order valence-corrected chi connectivity index (χ1v) is 8.54. The number of benzene rings is 1. The van der Waals surface area contributed by atoms with E-state index < -0.39 is 0 Å². The summed E-state index contributed by atoms with van der Waals surface area (Å²) in [5, 5.41) is 11.7. The molecular weight excluding hydrogens is 296 g/mol. The first kappa shape index (κ1) is 16.7. The zero-order chi connectivity index (χ0) is 17.5. The first-order chi connectivity index (χ1) is 11.2. The van der Waals surface area contributed by atoms with Crippen molar-refractivity contribution in [1.29, 1.82) is 0 Å². The molecule has 1 aliphatic rings. The van der Waals surface area contributed by atoms with Crippen LogP contribution in [0.1, 0.15) is 62.8 Å². The highest BCUT2D eigenvalue weighted by atomic mass is 16.4. The molecule has 1 aromatic carbocycles. The van der Waals surface area contributed by atoms with Crippen molar-refractivity contribution < 1.29 is 5.21 Å². The maximum atomic E-state index is 8.63. The number of hydrogen-bond donors (Lipinski definition) is 1. The molecular formula is C21H26N2O. The molecule has 0 aliphatic heterocycles. The molecule has 1 N–H and O–H groups in total. The predicted molar refractivity (Wildman–Crippen MR) is 99.1 cm³/mol. The van der Waals surface area contributed by atoms with E-state index in [4.69, 9.17) is 5.21 Å². The van der Waals surface area contributed by atoms with Crippen molar-refractivity contribution in [2.45, 2.75) is 58.3 Å². The van der Waals surface area contributed by atoms with Gasteiger partial charge in [-0.05, 0) is 65.5 Å². The van der Waals surface area contributed by atoms with Crippen LogP contribution < -0.4 is 0 Å². The van der Waals surface area contributed by atoms with Gasteiger partial charge >= 0.3 is 0 Å². The second-order valence-electron chi connectivity index (χ2n) is 8.20. The molecule has 0 unspecified atom stereocenters. The first-order valence-electron chi connectivity index (χ1n) is 8.54. The van der Waals surface area contributed by atoms with E-state index in [2.05, 4.69) is 56.9 Å². The number of hydrogen-bond acceptors (Lipinski definition) is 3. The van der Waals surface area contributed by atoms with Crippen molar-refractivity contribution in [3.63, 3.8) is 0 Å². The summed E-state index contributed by atoms with van der Waals surface area (Å²) in [6.07, 6.45) is 5.55. The van der Waals surface area contributed by atoms with Gasteiger partial charge in [0, 0.05) is 17.3 Å². The van der Waals surface area contributed by atoms with Crippen molar-refractivity contribution in [2.24, 2.45) is 5.16 Å². The van der Waals surface area contributed by atoms with Crippen LogP contribution in [0.2, 0.25) is 0 Å². The number of aromatic nitrogens is 1. The summed E-state index contributed by atoms with van der Waals surface area (Å²) in [7, 11) is 0. The highest BCUT2D eigenvalue weighted by Gasteiger charge is 2.37. The van der Waals surface area contributed by atoms with E-state index in [9.17, 15) is 0 Å². The maximum absolute atomic E-state index is 8.63. The van der Waals surface area contributed by atoms with Crippen LogP contribution in [0.15, 0.2) is 35.6 Å². The Morgan fingerprint density at radius 2 is 1.67 bits per heavy atom. The Labute approximate surface area is 144 Å². The van der Waals surface area contributed by atoms with Crippen molar-refractivity contribution in [3.05, 3.63) is 52.7 Å². The van der Waals surface area contributed by atoms with Crippen molar-refractivity contribution in [1.82, 2.24) is 4.98 Å². The summed E-state index contributed by atoms with van der Waals surface area (Å²) in [6, 6.07) is 8.62. The summed E-state index contributed by atoms with van der Waals surface area (Å²) >= 11 is 0. The van der Waals surface area contributed by atoms with Crippen LogP contribution in [0.4, 0.5) is 0 Å². The van der Waals surface area contributed by atoms with Gasteiger partial charge in [0.25, 0.3) is 0 Å². The number of rotatable bonds is 2. The van der Waals surface area contributed by atoms with Crippen molar-refractivity contribution >= 4 is 6.21 Å². The predicted octanol–water partition coefficient (Wildman–Crippen LogP) is 5.21. The fourth-order valence-corrected chi connectivity index (χ4v) is 3.71. The Morgan fingerprint density at radius 1 is 1.04 bits per heavy atom. The summed E-state index contributed by atoms with van der Waals surface area (Å²) in [4.78, 5) is 4.56. The van der Waals surface area contributed by atoms with Gasteiger partial charge in [0.2, 0.25) is 0 Å². The number of nitrogens with zero attached hydrogens (tertiary/aromatic N) is 2. The summed E-state index contributed by atoms with van der Waals surface area (Å²) in [5.41, 5.74) is 7.54. The molecule has 1 aliphatic carbocycles. The van der Waals surface area contributed by atoms with E-state index in [0.29, 0.717) is 0 Å². The molecule has 1 aromatic heterocycles. The minimum atomic E-state index is 0.191. The average Bonchev–Trinajstić information content (AvgIpc) is 2.53. The standard InChI is InChI=1S/C21H26N2O/c1-14-10-17-18(21(4,5)9-8-20(17,2)3)11-16(14)19-7-6-15(12-22-19)13-23-24/h6-7,10-13,24H,8-9H2,1-5H3/b23-13+. The molecule has 0 radical (unpaired) electrons. The minimum Gasteiger partial charge on any atom is -0.411 e. The molecule has 0 fully saturated rings. The molecule has 126 valence electrons. The Hall–Kier alpha value is -2.16. The van der Waals surface area contributed by atoms with E-state index in [-0.39, 0.29) is 10.8 Å². The second kappa shape index (κ2) is 5.73. The van der Waals surface area contributed by atoms with Crippen LogP contribution in [0, 0.1) is 6.92 Å². The highest BCUT2D eigenvalue weighted by Crippen LogP contribution is 2.47. The van der Waals surface area contributed by atoms with E-state index >= 15 is 0 Å². The Balaban J connectivity index is 2.14. The molecule has 3 heteroatoms. The lowest BCUT2D eigenvalue weighted by Crippen LogP contribution is -2.34. The minimum absolute atomic E-state index is 0.191. The third-order valence-corrected chi connectivity index (χ3v) is 5.47. The summed E-state index contributed by atoms with van der Waals surface area (Å²) in [6.45, 7) is 11.5. The molecule has 0 amide bonds. The van der Waals surface area contributed by atoms with Gasteiger partial charge in [-0.2, -0.15) is 0 Å². The van der Waals surface area contributed by atoms with Gasteiger partial charge < -0.3 is 5.21 Å². The van der Waals surface area contributed by atoms with E-state index in [1.54, 1.807) is 6.20 Å². The quantitative estimate of drug-likeness (QED) is 0.468. The van der Waals surface area contributed by atoms with E-state index in [1.165, 1.54) is 41.3 Å². The smallest absolute Gasteiger partial charge is 0.0749 e. The van der Waals surface area contributed by atoms with Crippen LogP contribution in [-0.4, -0.2) is 16.4 Å². The van der Waals surface area contributed by atoms with Gasteiger partial charge in [-0.1, -0.05) is 38.9 Å². The zero-order valence-corrected chi connectivity index (χ0v) is 15.2. The van der Waals surface area contributed by atoms with Crippen LogP contribution in [0.25, 0.3) is 11.3 Å². The summed E-state index contributed by atoms with van der Waals surface area (Å²) < 4.78 is 0. The molecule has 0 saturated carbocycles. The summed E-state index contributed by atoms with van der Waals surface area (Å²) in [5.74, 6) is 0. The maximum Gasteiger partial charge on any atom is 0.0749 e. The Morgan fingerprint density at radius 3 is 2.21 bits per heavy atom. The van der Waals surface area contributed by atoms with Gasteiger partial charge in [-0.25, -0.2) is 0 Å². The van der Waals surface area contributed by atoms with Gasteiger partial charge in [0.15, 0.2) is 0 Å². The largest absolute Gasteiger partial charge is 0.411 e. The van der Waals surface area contributed by atoms with Crippen molar-refractivity contribution in [2.75, 3.05) is 0 Å². The second-order valence-corrected chi connectivity index (χ2v) is 8.20. The number of fused-ring (bicyclic) bond motifs is 1. The van der Waals surface area contributed by atoms with E-state index in [0.717, 1.165) is 11.3 Å². The third kappa shape index (κ3) is 2.83. The monoisotopic (exact) mass is 322 g/mol. The van der Waals surface area contributed by atoms with Crippen molar-refractivity contribution in [3.8, 4) is 11.3 Å². The number of pyridine rings is 1. The topological polar surface area (TPSA) is 45.5 Å². The van der Waals surface area contributed by atoms with Gasteiger partial charge in [-0.15, -0.1) is 0 Å². The van der Waals surface area contributed by atoms with E-state index in [1.807, 2.05) is 12.1 Å². The molecule has 0 bridgehead atoms. The normalized spacial score (nSPS) is 18.5. The van der Waals surface area contributed by atoms with Crippen LogP contribution in [0.5, 0.6) is 0 Å². The lowest BCUT2D eigenvalue weighted by molar-refractivity contribution is 0.322.